The predicted octanol–water partition coefficient (Wildman–Crippen LogP) is -0.121. The molecule has 0 fully saturated rings. The van der Waals surface area contributed by atoms with Crippen molar-refractivity contribution in [1.29, 1.82) is 0 Å². The number of primary amides is 1. The van der Waals surface area contributed by atoms with Crippen molar-refractivity contribution in [2.24, 2.45) is 5.73 Å². The minimum Gasteiger partial charge on any atom is -0.376 e. The van der Waals surface area contributed by atoms with E-state index in [1.165, 1.54) is 6.92 Å². The summed E-state index contributed by atoms with van der Waals surface area (Å²) in [6.45, 7) is 3.34. The van der Waals surface area contributed by atoms with Crippen molar-refractivity contribution in [3.05, 3.63) is 0 Å². The van der Waals surface area contributed by atoms with Crippen LogP contribution in [0.2, 0.25) is 0 Å². The van der Waals surface area contributed by atoms with E-state index in [1.807, 2.05) is 6.92 Å². The summed E-state index contributed by atoms with van der Waals surface area (Å²) in [5.74, 6) is -0.636. The Labute approximate surface area is 56.4 Å². The molecule has 0 heterocycles. The van der Waals surface area contributed by atoms with Gasteiger partial charge in [0.05, 0.1) is 0 Å². The number of amides is 1. The van der Waals surface area contributed by atoms with Gasteiger partial charge in [-0.05, 0) is 13.1 Å². The van der Waals surface area contributed by atoms with Gasteiger partial charge in [0.25, 0.3) is 5.91 Å². The summed E-state index contributed by atoms with van der Waals surface area (Å²) in [6.07, 6.45) is 0.788. The van der Waals surface area contributed by atoms with Crippen molar-refractivity contribution in [1.82, 2.24) is 0 Å². The Morgan fingerprint density at radius 3 is 2.44 bits per heavy atom. The number of nitrogens with two attached hydrogens (primary N) is 1. The van der Waals surface area contributed by atoms with Crippen LogP contribution in [0.4, 0.5) is 0 Å². The van der Waals surface area contributed by atoms with Gasteiger partial charge < -0.3 is 10.8 Å². The fourth-order valence-electron chi connectivity index (χ4n) is 0.431. The molecule has 0 spiro atoms. The normalized spacial score (nSPS) is 18.1. The standard InChI is InChI=1S/C5H12NO2P/c1-3-9-5(2,8)4(6)7/h8-9H,3H2,1-2H3,(H2,6,7). The fourth-order valence-corrected chi connectivity index (χ4v) is 1.29. The van der Waals surface area contributed by atoms with Gasteiger partial charge in [0.1, 0.15) is 0 Å². The Morgan fingerprint density at radius 1 is 1.89 bits per heavy atom. The third kappa shape index (κ3) is 2.78. The average Bonchev–Trinajstić information content (AvgIpc) is 1.65. The number of hydrogen-bond donors (Lipinski definition) is 2. The third-order valence-electron chi connectivity index (χ3n) is 1.00. The molecular formula is C5H12NO2P. The first-order chi connectivity index (χ1) is 4.00. The largest absolute Gasteiger partial charge is 0.376 e. The number of aliphatic hydroxyl groups is 1. The van der Waals surface area contributed by atoms with E-state index in [0.717, 1.165) is 6.16 Å². The SMILES string of the molecule is CCPC(C)(O)C(N)=O. The molecule has 54 valence electrons. The molecule has 4 heteroatoms. The Kier molecular flexibility index (Phi) is 3.09. The smallest absolute Gasteiger partial charge is 0.253 e. The second kappa shape index (κ2) is 3.14. The zero-order chi connectivity index (χ0) is 7.49. The molecule has 0 aromatic rings. The first kappa shape index (κ1) is 8.86. The summed E-state index contributed by atoms with van der Waals surface area (Å²) in [6, 6.07) is 0. The van der Waals surface area contributed by atoms with Crippen LogP contribution in [0.5, 0.6) is 0 Å². The predicted molar refractivity (Wildman–Crippen MR) is 38.7 cm³/mol. The quantitative estimate of drug-likeness (QED) is 0.549. The number of carbonyl (C=O) groups is 1. The molecule has 0 aliphatic heterocycles. The summed E-state index contributed by atoms with van der Waals surface area (Å²) in [4.78, 5) is 10.4. The highest BCUT2D eigenvalue weighted by atomic mass is 31.1. The van der Waals surface area contributed by atoms with Gasteiger partial charge in [-0.1, -0.05) is 15.5 Å². The molecule has 0 rings (SSSR count). The summed E-state index contributed by atoms with van der Waals surface area (Å²) >= 11 is 0. The minimum absolute atomic E-state index is 0.203. The van der Waals surface area contributed by atoms with Gasteiger partial charge in [0.15, 0.2) is 5.34 Å². The Balaban J connectivity index is 3.85. The Hall–Kier alpha value is -0.140. The molecular weight excluding hydrogens is 137 g/mol. The molecule has 0 aliphatic carbocycles. The molecule has 3 nitrogen and oxygen atoms in total. The molecule has 0 aromatic heterocycles. The van der Waals surface area contributed by atoms with Gasteiger partial charge >= 0.3 is 0 Å². The minimum atomic E-state index is -1.28. The van der Waals surface area contributed by atoms with Gasteiger partial charge in [-0.15, -0.1) is 0 Å². The van der Waals surface area contributed by atoms with E-state index in [0.29, 0.717) is 0 Å². The van der Waals surface area contributed by atoms with E-state index in [9.17, 15) is 4.79 Å². The van der Waals surface area contributed by atoms with Crippen LogP contribution in [-0.4, -0.2) is 22.5 Å². The third-order valence-corrected chi connectivity index (χ3v) is 2.29. The molecule has 0 aromatic carbocycles. The topological polar surface area (TPSA) is 63.3 Å². The Morgan fingerprint density at radius 2 is 2.33 bits per heavy atom. The molecule has 0 saturated heterocycles. The zero-order valence-electron chi connectivity index (χ0n) is 5.64. The maximum atomic E-state index is 10.4. The van der Waals surface area contributed by atoms with Crippen LogP contribution in [0.3, 0.4) is 0 Å². The molecule has 2 atom stereocenters. The van der Waals surface area contributed by atoms with Crippen LogP contribution < -0.4 is 5.73 Å². The Bertz CT molecular complexity index is 114. The first-order valence-corrected chi connectivity index (χ1v) is 3.98. The number of rotatable bonds is 3. The highest BCUT2D eigenvalue weighted by Crippen LogP contribution is 2.27. The van der Waals surface area contributed by atoms with Crippen molar-refractivity contribution in [3.8, 4) is 0 Å². The van der Waals surface area contributed by atoms with Gasteiger partial charge in [0.2, 0.25) is 0 Å². The maximum Gasteiger partial charge on any atom is 0.253 e. The van der Waals surface area contributed by atoms with Crippen molar-refractivity contribution >= 4 is 14.5 Å². The monoisotopic (exact) mass is 149 g/mol. The van der Waals surface area contributed by atoms with Crippen molar-refractivity contribution in [2.45, 2.75) is 19.2 Å². The van der Waals surface area contributed by atoms with Crippen molar-refractivity contribution < 1.29 is 9.90 Å². The summed E-state index contributed by atoms with van der Waals surface area (Å²) in [5.41, 5.74) is 4.87. The fraction of sp³-hybridized carbons (Fsp3) is 0.800. The van der Waals surface area contributed by atoms with Crippen LogP contribution in [0.1, 0.15) is 13.8 Å². The van der Waals surface area contributed by atoms with E-state index < -0.39 is 11.2 Å². The molecule has 0 bridgehead atoms. The molecule has 2 unspecified atom stereocenters. The molecule has 3 N–H and O–H groups in total. The highest BCUT2D eigenvalue weighted by molar-refractivity contribution is 7.41. The lowest BCUT2D eigenvalue weighted by molar-refractivity contribution is -0.127. The van der Waals surface area contributed by atoms with E-state index in [-0.39, 0.29) is 8.58 Å². The lowest BCUT2D eigenvalue weighted by Crippen LogP contribution is -2.36. The molecule has 0 saturated carbocycles. The average molecular weight is 149 g/mol. The van der Waals surface area contributed by atoms with Crippen LogP contribution in [-0.2, 0) is 4.79 Å². The molecule has 0 aliphatic rings. The van der Waals surface area contributed by atoms with E-state index in [2.05, 4.69) is 0 Å². The van der Waals surface area contributed by atoms with E-state index >= 15 is 0 Å². The molecule has 1 amide bonds. The van der Waals surface area contributed by atoms with Crippen molar-refractivity contribution in [3.63, 3.8) is 0 Å². The lowest BCUT2D eigenvalue weighted by Gasteiger charge is -2.17. The summed E-state index contributed by atoms with van der Waals surface area (Å²) in [7, 11) is 0.203. The van der Waals surface area contributed by atoms with E-state index in [4.69, 9.17) is 10.8 Å². The number of carbonyl (C=O) groups excluding carboxylic acids is 1. The molecule has 9 heavy (non-hydrogen) atoms. The van der Waals surface area contributed by atoms with Crippen molar-refractivity contribution in [2.75, 3.05) is 6.16 Å². The van der Waals surface area contributed by atoms with Crippen LogP contribution in [0.15, 0.2) is 0 Å². The lowest BCUT2D eigenvalue weighted by atomic mass is 10.4. The van der Waals surface area contributed by atoms with Crippen LogP contribution in [0, 0.1) is 0 Å². The van der Waals surface area contributed by atoms with Crippen LogP contribution >= 0.6 is 8.58 Å². The summed E-state index contributed by atoms with van der Waals surface area (Å²) in [5, 5.41) is 7.85. The van der Waals surface area contributed by atoms with Gasteiger partial charge in [-0.3, -0.25) is 4.79 Å². The second-order valence-electron chi connectivity index (χ2n) is 1.97. The molecule has 0 radical (unpaired) electrons. The maximum absolute atomic E-state index is 10.4. The van der Waals surface area contributed by atoms with Gasteiger partial charge in [0, 0.05) is 0 Å². The summed E-state index contributed by atoms with van der Waals surface area (Å²) < 4.78 is 0. The van der Waals surface area contributed by atoms with Crippen LogP contribution in [0.25, 0.3) is 0 Å². The van der Waals surface area contributed by atoms with Gasteiger partial charge in [-0.2, -0.15) is 0 Å². The first-order valence-electron chi connectivity index (χ1n) is 2.78. The zero-order valence-corrected chi connectivity index (χ0v) is 6.64. The van der Waals surface area contributed by atoms with E-state index in [1.54, 1.807) is 0 Å². The number of hydrogen-bond acceptors (Lipinski definition) is 2. The second-order valence-corrected chi connectivity index (χ2v) is 4.00. The van der Waals surface area contributed by atoms with Gasteiger partial charge in [-0.25, -0.2) is 0 Å². The highest BCUT2D eigenvalue weighted by Gasteiger charge is 2.25.